The summed E-state index contributed by atoms with van der Waals surface area (Å²) in [7, 11) is 0. The normalized spacial score (nSPS) is 17.8. The zero-order valence-electron chi connectivity index (χ0n) is 12.8. The lowest BCUT2D eigenvalue weighted by Crippen LogP contribution is -2.35. The first kappa shape index (κ1) is 14.6. The van der Waals surface area contributed by atoms with Crippen LogP contribution in [-0.4, -0.2) is 15.1 Å². The molecule has 1 heterocycles. The van der Waals surface area contributed by atoms with Crippen LogP contribution in [0.5, 0.6) is 0 Å². The summed E-state index contributed by atoms with van der Waals surface area (Å²) in [6, 6.07) is 0. The van der Waals surface area contributed by atoms with E-state index < -0.39 is 0 Å². The number of hydrogen-bond acceptors (Lipinski definition) is 2. The molecule has 0 aromatic carbocycles. The van der Waals surface area contributed by atoms with Crippen molar-refractivity contribution < 1.29 is 0 Å². The second-order valence-electron chi connectivity index (χ2n) is 6.97. The molecule has 19 heavy (non-hydrogen) atoms. The second kappa shape index (κ2) is 6.56. The highest BCUT2D eigenvalue weighted by Gasteiger charge is 2.14. The van der Waals surface area contributed by atoms with Crippen molar-refractivity contribution in [3.63, 3.8) is 0 Å². The summed E-state index contributed by atoms with van der Waals surface area (Å²) < 4.78 is 2.33. The Morgan fingerprint density at radius 3 is 2.68 bits per heavy atom. The van der Waals surface area contributed by atoms with Crippen molar-refractivity contribution in [3.05, 3.63) is 18.2 Å². The van der Waals surface area contributed by atoms with Gasteiger partial charge in [-0.1, -0.05) is 32.1 Å². The fourth-order valence-corrected chi connectivity index (χ4v) is 2.85. The molecule has 0 saturated heterocycles. The molecule has 3 heteroatoms. The summed E-state index contributed by atoms with van der Waals surface area (Å²) in [5.41, 5.74) is 1.48. The summed E-state index contributed by atoms with van der Waals surface area (Å²) in [6.07, 6.45) is 12.5. The van der Waals surface area contributed by atoms with Crippen molar-refractivity contribution in [2.24, 2.45) is 5.92 Å². The van der Waals surface area contributed by atoms with Crippen LogP contribution in [0.15, 0.2) is 12.5 Å². The second-order valence-corrected chi connectivity index (χ2v) is 6.97. The van der Waals surface area contributed by atoms with Crippen LogP contribution in [-0.2, 0) is 13.1 Å². The molecule has 1 aliphatic rings. The molecule has 0 radical (unpaired) electrons. The van der Waals surface area contributed by atoms with E-state index in [0.717, 1.165) is 19.0 Å². The summed E-state index contributed by atoms with van der Waals surface area (Å²) in [5.74, 6) is 0.944. The molecule has 3 nitrogen and oxygen atoms in total. The van der Waals surface area contributed by atoms with Crippen LogP contribution in [0.4, 0.5) is 0 Å². The molecule has 0 amide bonds. The summed E-state index contributed by atoms with van der Waals surface area (Å²) in [5, 5.41) is 3.54. The zero-order chi connectivity index (χ0) is 13.7. The number of nitrogens with one attached hydrogen (secondary N) is 1. The van der Waals surface area contributed by atoms with Gasteiger partial charge in [-0.05, 0) is 33.1 Å². The van der Waals surface area contributed by atoms with E-state index in [4.69, 9.17) is 0 Å². The maximum absolute atomic E-state index is 4.31. The molecule has 0 atom stereocenters. The van der Waals surface area contributed by atoms with E-state index in [-0.39, 0.29) is 5.54 Å². The van der Waals surface area contributed by atoms with Gasteiger partial charge in [0.05, 0.1) is 12.0 Å². The molecule has 1 N–H and O–H groups in total. The van der Waals surface area contributed by atoms with Crippen molar-refractivity contribution in [1.82, 2.24) is 14.9 Å². The van der Waals surface area contributed by atoms with Gasteiger partial charge in [-0.3, -0.25) is 0 Å². The van der Waals surface area contributed by atoms with Crippen molar-refractivity contribution >= 4 is 0 Å². The Labute approximate surface area is 117 Å². The molecule has 1 aromatic rings. The van der Waals surface area contributed by atoms with E-state index in [1.54, 1.807) is 0 Å². The van der Waals surface area contributed by atoms with Crippen LogP contribution >= 0.6 is 0 Å². The third-order valence-electron chi connectivity index (χ3n) is 4.10. The van der Waals surface area contributed by atoms with E-state index in [2.05, 4.69) is 35.6 Å². The number of rotatable bonds is 5. The Bertz CT molecular complexity index is 370. The van der Waals surface area contributed by atoms with Gasteiger partial charge >= 0.3 is 0 Å². The van der Waals surface area contributed by atoms with Crippen molar-refractivity contribution in [3.8, 4) is 0 Å². The van der Waals surface area contributed by atoms with Gasteiger partial charge in [0.1, 0.15) is 0 Å². The first-order valence-electron chi connectivity index (χ1n) is 7.78. The number of hydrogen-bond donors (Lipinski definition) is 1. The molecule has 0 aliphatic heterocycles. The van der Waals surface area contributed by atoms with Gasteiger partial charge < -0.3 is 9.88 Å². The number of aryl methyl sites for hydroxylation is 1. The number of nitrogens with zero attached hydrogens (tertiary/aromatic N) is 2. The first-order valence-corrected chi connectivity index (χ1v) is 7.78. The third kappa shape index (κ3) is 4.98. The monoisotopic (exact) mass is 263 g/mol. The number of imidazole rings is 1. The van der Waals surface area contributed by atoms with Gasteiger partial charge in [-0.2, -0.15) is 0 Å². The number of aromatic nitrogens is 2. The van der Waals surface area contributed by atoms with Crippen LogP contribution in [0, 0.1) is 5.92 Å². The minimum absolute atomic E-state index is 0.165. The average Bonchev–Trinajstić information content (AvgIpc) is 2.82. The first-order chi connectivity index (χ1) is 9.04. The largest absolute Gasteiger partial charge is 0.333 e. The van der Waals surface area contributed by atoms with Crippen molar-refractivity contribution in [2.75, 3.05) is 0 Å². The van der Waals surface area contributed by atoms with E-state index >= 15 is 0 Å². The molecule has 0 spiro atoms. The highest BCUT2D eigenvalue weighted by Crippen LogP contribution is 2.26. The lowest BCUT2D eigenvalue weighted by molar-refractivity contribution is 0.321. The van der Waals surface area contributed by atoms with Crippen LogP contribution < -0.4 is 5.32 Å². The zero-order valence-corrected chi connectivity index (χ0v) is 12.8. The van der Waals surface area contributed by atoms with Gasteiger partial charge in [0.15, 0.2) is 0 Å². The SMILES string of the molecule is CC(C)(C)NCc1cncn1CCC1CCCCC1. The van der Waals surface area contributed by atoms with Crippen LogP contribution in [0.2, 0.25) is 0 Å². The Kier molecular flexibility index (Phi) is 5.03. The van der Waals surface area contributed by atoms with Crippen molar-refractivity contribution in [1.29, 1.82) is 0 Å². The summed E-state index contributed by atoms with van der Waals surface area (Å²) in [4.78, 5) is 4.31. The maximum Gasteiger partial charge on any atom is 0.0948 e. The fourth-order valence-electron chi connectivity index (χ4n) is 2.85. The molecular formula is C16H29N3. The average molecular weight is 263 g/mol. The molecule has 1 aliphatic carbocycles. The van der Waals surface area contributed by atoms with Crippen LogP contribution in [0.1, 0.15) is 65.0 Å². The van der Waals surface area contributed by atoms with Gasteiger partial charge in [-0.15, -0.1) is 0 Å². The Hall–Kier alpha value is -0.830. The summed E-state index contributed by atoms with van der Waals surface area (Å²) >= 11 is 0. The Balaban J connectivity index is 1.81. The molecule has 0 bridgehead atoms. The van der Waals surface area contributed by atoms with E-state index in [1.165, 1.54) is 44.2 Å². The Morgan fingerprint density at radius 2 is 2.00 bits per heavy atom. The highest BCUT2D eigenvalue weighted by atomic mass is 15.1. The minimum Gasteiger partial charge on any atom is -0.333 e. The third-order valence-corrected chi connectivity index (χ3v) is 4.10. The smallest absolute Gasteiger partial charge is 0.0948 e. The molecule has 108 valence electrons. The molecule has 2 rings (SSSR count). The lowest BCUT2D eigenvalue weighted by Gasteiger charge is -2.23. The van der Waals surface area contributed by atoms with Gasteiger partial charge in [0.25, 0.3) is 0 Å². The van der Waals surface area contributed by atoms with E-state index in [1.807, 2.05) is 12.5 Å². The predicted molar refractivity (Wildman–Crippen MR) is 80.0 cm³/mol. The molecular weight excluding hydrogens is 234 g/mol. The molecule has 1 aromatic heterocycles. The maximum atomic E-state index is 4.31. The van der Waals surface area contributed by atoms with E-state index in [9.17, 15) is 0 Å². The van der Waals surface area contributed by atoms with Crippen LogP contribution in [0.3, 0.4) is 0 Å². The molecule has 0 unspecified atom stereocenters. The molecule has 1 fully saturated rings. The minimum atomic E-state index is 0.165. The Morgan fingerprint density at radius 1 is 1.26 bits per heavy atom. The standard InChI is InChI=1S/C16H29N3/c1-16(2,3)18-12-15-11-17-13-19(15)10-9-14-7-5-4-6-8-14/h11,13-14,18H,4-10,12H2,1-3H3. The quantitative estimate of drug-likeness (QED) is 0.877. The topological polar surface area (TPSA) is 29.9 Å². The van der Waals surface area contributed by atoms with Gasteiger partial charge in [0, 0.05) is 24.8 Å². The predicted octanol–water partition coefficient (Wildman–Crippen LogP) is 3.74. The fraction of sp³-hybridized carbons (Fsp3) is 0.812. The van der Waals surface area contributed by atoms with Crippen LogP contribution in [0.25, 0.3) is 0 Å². The lowest BCUT2D eigenvalue weighted by atomic mass is 9.87. The molecule has 1 saturated carbocycles. The summed E-state index contributed by atoms with van der Waals surface area (Å²) in [6.45, 7) is 8.65. The van der Waals surface area contributed by atoms with Gasteiger partial charge in [-0.25, -0.2) is 4.98 Å². The van der Waals surface area contributed by atoms with Crippen molar-refractivity contribution in [2.45, 2.75) is 77.9 Å². The highest BCUT2D eigenvalue weighted by molar-refractivity contribution is 4.99. The van der Waals surface area contributed by atoms with Gasteiger partial charge in [0.2, 0.25) is 0 Å². The van der Waals surface area contributed by atoms with E-state index in [0.29, 0.717) is 0 Å².